The molecule has 1 aromatic heterocycles. The van der Waals surface area contributed by atoms with E-state index in [0.717, 1.165) is 10.0 Å². The minimum atomic E-state index is 0.128. The Morgan fingerprint density at radius 2 is 1.94 bits per heavy atom. The molecule has 0 saturated heterocycles. The number of aromatic nitrogens is 2. The Bertz CT molecular complexity index is 560. The summed E-state index contributed by atoms with van der Waals surface area (Å²) in [7, 11) is 0. The van der Waals surface area contributed by atoms with Gasteiger partial charge in [-0.1, -0.05) is 39.7 Å². The van der Waals surface area contributed by atoms with Crippen LogP contribution in [0.15, 0.2) is 34.9 Å². The molecule has 1 heterocycles. The van der Waals surface area contributed by atoms with Crippen LogP contribution in [-0.4, -0.2) is 10.2 Å². The maximum absolute atomic E-state index is 9.00. The van der Waals surface area contributed by atoms with Crippen molar-refractivity contribution in [1.29, 1.82) is 5.26 Å². The number of nitrogens with zero attached hydrogens (tertiary/aromatic N) is 3. The van der Waals surface area contributed by atoms with Gasteiger partial charge in [-0.05, 0) is 17.7 Å². The first-order valence-electron chi connectivity index (χ1n) is 4.39. The van der Waals surface area contributed by atoms with E-state index in [-0.39, 0.29) is 5.15 Å². The van der Waals surface area contributed by atoms with Gasteiger partial charge in [-0.3, -0.25) is 0 Å². The first-order chi connectivity index (χ1) is 7.72. The highest BCUT2D eigenvalue weighted by Gasteiger charge is 2.10. The highest BCUT2D eigenvalue weighted by Crippen LogP contribution is 2.27. The predicted octanol–water partition coefficient (Wildman–Crippen LogP) is 3.43. The normalized spacial score (nSPS) is 9.81. The van der Waals surface area contributed by atoms with Gasteiger partial charge in [-0.15, -0.1) is 5.10 Å². The molecule has 0 bridgehead atoms. The smallest absolute Gasteiger partial charge is 0.170 e. The van der Waals surface area contributed by atoms with E-state index < -0.39 is 0 Å². The zero-order valence-electron chi connectivity index (χ0n) is 7.98. The van der Waals surface area contributed by atoms with Crippen LogP contribution in [0.5, 0.6) is 0 Å². The predicted molar refractivity (Wildman–Crippen MR) is 64.9 cm³/mol. The zero-order chi connectivity index (χ0) is 11.5. The topological polar surface area (TPSA) is 49.6 Å². The second kappa shape index (κ2) is 4.60. The second-order valence-corrected chi connectivity index (χ2v) is 4.32. The molecular formula is C11H5BrClN3. The fourth-order valence-corrected chi connectivity index (χ4v) is 1.77. The van der Waals surface area contributed by atoms with Crippen molar-refractivity contribution in [2.24, 2.45) is 0 Å². The Kier molecular flexibility index (Phi) is 3.18. The Morgan fingerprint density at radius 1 is 1.25 bits per heavy atom. The van der Waals surface area contributed by atoms with Crippen molar-refractivity contribution in [2.45, 2.75) is 0 Å². The molecule has 0 fully saturated rings. The summed E-state index contributed by atoms with van der Waals surface area (Å²) in [5.41, 5.74) is 1.92. The van der Waals surface area contributed by atoms with Gasteiger partial charge in [0.25, 0.3) is 0 Å². The van der Waals surface area contributed by atoms with Gasteiger partial charge in [0.1, 0.15) is 11.6 Å². The van der Waals surface area contributed by atoms with E-state index in [0.29, 0.717) is 11.1 Å². The summed E-state index contributed by atoms with van der Waals surface area (Å²) >= 11 is 9.15. The molecular weight excluding hydrogens is 289 g/mol. The van der Waals surface area contributed by atoms with Gasteiger partial charge < -0.3 is 0 Å². The molecule has 0 unspecified atom stereocenters. The van der Waals surface area contributed by atoms with Crippen molar-refractivity contribution in [3.63, 3.8) is 0 Å². The molecule has 0 aliphatic heterocycles. The maximum Gasteiger partial charge on any atom is 0.170 e. The molecule has 78 valence electrons. The van der Waals surface area contributed by atoms with Crippen molar-refractivity contribution < 1.29 is 0 Å². The molecule has 0 N–H and O–H groups in total. The fraction of sp³-hybridized carbons (Fsp3) is 0. The lowest BCUT2D eigenvalue weighted by atomic mass is 10.0. The third-order valence-electron chi connectivity index (χ3n) is 2.08. The van der Waals surface area contributed by atoms with E-state index in [4.69, 9.17) is 16.9 Å². The van der Waals surface area contributed by atoms with E-state index >= 15 is 0 Å². The lowest BCUT2D eigenvalue weighted by Crippen LogP contribution is -1.91. The minimum Gasteiger partial charge on any atom is -0.192 e. The van der Waals surface area contributed by atoms with Crippen LogP contribution in [-0.2, 0) is 0 Å². The molecule has 2 aromatic rings. The molecule has 16 heavy (non-hydrogen) atoms. The summed E-state index contributed by atoms with van der Waals surface area (Å²) in [5, 5.41) is 16.5. The molecule has 0 aliphatic carbocycles. The van der Waals surface area contributed by atoms with Crippen LogP contribution in [0.3, 0.4) is 0 Å². The molecule has 2 rings (SSSR count). The Labute approximate surface area is 106 Å². The average molecular weight is 295 g/mol. The summed E-state index contributed by atoms with van der Waals surface area (Å²) in [5.74, 6) is 0. The molecule has 0 radical (unpaired) electrons. The van der Waals surface area contributed by atoms with Crippen LogP contribution in [0.25, 0.3) is 11.1 Å². The summed E-state index contributed by atoms with van der Waals surface area (Å²) in [6.07, 6.45) is 1.54. The van der Waals surface area contributed by atoms with Crippen LogP contribution < -0.4 is 0 Å². The largest absolute Gasteiger partial charge is 0.192 e. The van der Waals surface area contributed by atoms with E-state index in [1.165, 1.54) is 6.20 Å². The van der Waals surface area contributed by atoms with E-state index in [9.17, 15) is 0 Å². The van der Waals surface area contributed by atoms with Gasteiger partial charge in [0, 0.05) is 10.0 Å². The number of hydrogen-bond acceptors (Lipinski definition) is 3. The van der Waals surface area contributed by atoms with E-state index in [2.05, 4.69) is 26.1 Å². The molecule has 0 spiro atoms. The van der Waals surface area contributed by atoms with Gasteiger partial charge in [-0.2, -0.15) is 10.4 Å². The standard InChI is InChI=1S/C11H5BrClN3/c12-8-3-1-7(2-4-8)10-6-15-16-11(13)9(10)5-14/h1-4,6H. The van der Waals surface area contributed by atoms with Gasteiger partial charge in [0.15, 0.2) is 5.15 Å². The van der Waals surface area contributed by atoms with Crippen molar-refractivity contribution in [2.75, 3.05) is 0 Å². The van der Waals surface area contributed by atoms with Gasteiger partial charge in [0.05, 0.1) is 6.20 Å². The van der Waals surface area contributed by atoms with Crippen LogP contribution >= 0.6 is 27.5 Å². The van der Waals surface area contributed by atoms with Crippen molar-refractivity contribution in [3.8, 4) is 17.2 Å². The number of rotatable bonds is 1. The monoisotopic (exact) mass is 293 g/mol. The van der Waals surface area contributed by atoms with E-state index in [1.54, 1.807) is 0 Å². The first kappa shape index (κ1) is 11.1. The van der Waals surface area contributed by atoms with Crippen molar-refractivity contribution in [3.05, 3.63) is 45.7 Å². The summed E-state index contributed by atoms with van der Waals surface area (Å²) in [6.45, 7) is 0. The molecule has 0 amide bonds. The lowest BCUT2D eigenvalue weighted by Gasteiger charge is -2.03. The third-order valence-corrected chi connectivity index (χ3v) is 2.87. The van der Waals surface area contributed by atoms with Crippen LogP contribution in [0, 0.1) is 11.3 Å². The highest BCUT2D eigenvalue weighted by molar-refractivity contribution is 9.10. The van der Waals surface area contributed by atoms with Gasteiger partial charge >= 0.3 is 0 Å². The van der Waals surface area contributed by atoms with Crippen molar-refractivity contribution >= 4 is 27.5 Å². The molecule has 3 nitrogen and oxygen atoms in total. The number of benzene rings is 1. The third kappa shape index (κ3) is 2.06. The number of halogens is 2. The van der Waals surface area contributed by atoms with Crippen LogP contribution in [0.2, 0.25) is 5.15 Å². The Morgan fingerprint density at radius 3 is 2.56 bits per heavy atom. The van der Waals surface area contributed by atoms with Gasteiger partial charge in [-0.25, -0.2) is 0 Å². The summed E-state index contributed by atoms with van der Waals surface area (Å²) < 4.78 is 0.975. The molecule has 5 heteroatoms. The van der Waals surface area contributed by atoms with Gasteiger partial charge in [0.2, 0.25) is 0 Å². The van der Waals surface area contributed by atoms with Crippen LogP contribution in [0.4, 0.5) is 0 Å². The number of hydrogen-bond donors (Lipinski definition) is 0. The first-order valence-corrected chi connectivity index (χ1v) is 5.56. The highest BCUT2D eigenvalue weighted by atomic mass is 79.9. The zero-order valence-corrected chi connectivity index (χ0v) is 10.3. The summed E-state index contributed by atoms with van der Waals surface area (Å²) in [4.78, 5) is 0. The molecule has 0 saturated carbocycles. The minimum absolute atomic E-state index is 0.128. The molecule has 1 aromatic carbocycles. The maximum atomic E-state index is 9.00. The van der Waals surface area contributed by atoms with E-state index in [1.807, 2.05) is 30.3 Å². The fourth-order valence-electron chi connectivity index (χ4n) is 1.32. The van der Waals surface area contributed by atoms with Crippen molar-refractivity contribution in [1.82, 2.24) is 10.2 Å². The quantitative estimate of drug-likeness (QED) is 0.809. The average Bonchev–Trinajstić information content (AvgIpc) is 2.30. The SMILES string of the molecule is N#Cc1c(-c2ccc(Br)cc2)cnnc1Cl. The molecule has 0 atom stereocenters. The number of nitriles is 1. The Hall–Kier alpha value is -1.44. The lowest BCUT2D eigenvalue weighted by molar-refractivity contribution is 1.03. The molecule has 0 aliphatic rings. The van der Waals surface area contributed by atoms with Crippen LogP contribution in [0.1, 0.15) is 5.56 Å². The Balaban J connectivity index is 2.61. The second-order valence-electron chi connectivity index (χ2n) is 3.04. The summed E-state index contributed by atoms with van der Waals surface area (Å²) in [6, 6.07) is 9.59.